The summed E-state index contributed by atoms with van der Waals surface area (Å²) in [6.07, 6.45) is 1.18. The molecule has 5 heteroatoms. The van der Waals surface area contributed by atoms with E-state index in [-0.39, 0.29) is 11.9 Å². The molecule has 0 N–H and O–H groups in total. The van der Waals surface area contributed by atoms with Gasteiger partial charge < -0.3 is 19.3 Å². The van der Waals surface area contributed by atoms with Crippen molar-refractivity contribution in [2.45, 2.75) is 25.8 Å². The maximum atomic E-state index is 12.9. The maximum absolute atomic E-state index is 12.9. The summed E-state index contributed by atoms with van der Waals surface area (Å²) in [5.74, 6) is 1.68. The van der Waals surface area contributed by atoms with Crippen LogP contribution in [0.15, 0.2) is 54.6 Å². The number of para-hydroxylation sites is 2. The van der Waals surface area contributed by atoms with Crippen LogP contribution in [0.4, 0.5) is 0 Å². The Kier molecular flexibility index (Phi) is 7.31. The molecule has 2 aromatic rings. The van der Waals surface area contributed by atoms with Gasteiger partial charge in [-0.1, -0.05) is 42.5 Å². The Hall–Kier alpha value is -2.53. The molecule has 5 nitrogen and oxygen atoms in total. The summed E-state index contributed by atoms with van der Waals surface area (Å²) >= 11 is 0. The number of hydrogen-bond donors (Lipinski definition) is 0. The fraction of sp³-hybridized carbons (Fsp3) is 0.435. The van der Waals surface area contributed by atoms with Crippen molar-refractivity contribution in [2.24, 2.45) is 0 Å². The molecule has 0 aliphatic carbocycles. The molecule has 150 valence electrons. The van der Waals surface area contributed by atoms with E-state index in [1.165, 1.54) is 5.56 Å². The highest BCUT2D eigenvalue weighted by molar-refractivity contribution is 5.77. The van der Waals surface area contributed by atoms with Crippen molar-refractivity contribution in [1.29, 1.82) is 0 Å². The highest BCUT2D eigenvalue weighted by Crippen LogP contribution is 2.27. The predicted octanol–water partition coefficient (Wildman–Crippen LogP) is 3.76. The molecule has 1 saturated heterocycles. The molecule has 3 rings (SSSR count). The molecule has 1 aliphatic rings. The van der Waals surface area contributed by atoms with E-state index in [2.05, 4.69) is 24.1 Å². The van der Waals surface area contributed by atoms with Gasteiger partial charge in [-0.05, 0) is 38.1 Å². The zero-order valence-electron chi connectivity index (χ0n) is 16.8. The van der Waals surface area contributed by atoms with E-state index < -0.39 is 0 Å². The van der Waals surface area contributed by atoms with Crippen molar-refractivity contribution in [1.82, 2.24) is 9.80 Å². The standard InChI is InChI=1S/C23H30N2O3/c1-3-27-21-12-7-8-13-22(21)28-17-9-14-23(26)25-16-15-24(2)18-20(25)19-10-5-4-6-11-19/h4-8,10-13,20H,3,9,14-18H2,1-2H3. The van der Waals surface area contributed by atoms with Gasteiger partial charge in [-0.25, -0.2) is 0 Å². The van der Waals surface area contributed by atoms with E-state index in [4.69, 9.17) is 9.47 Å². The average Bonchev–Trinajstić information content (AvgIpc) is 2.73. The number of likely N-dealkylation sites (N-methyl/N-ethyl adjacent to an activating group) is 1. The Morgan fingerprint density at radius 3 is 2.39 bits per heavy atom. The summed E-state index contributed by atoms with van der Waals surface area (Å²) in [7, 11) is 2.11. The van der Waals surface area contributed by atoms with Gasteiger partial charge >= 0.3 is 0 Å². The van der Waals surface area contributed by atoms with Gasteiger partial charge in [-0.2, -0.15) is 0 Å². The van der Waals surface area contributed by atoms with E-state index in [9.17, 15) is 4.79 Å². The summed E-state index contributed by atoms with van der Waals surface area (Å²) in [6.45, 7) is 5.60. The van der Waals surface area contributed by atoms with Crippen LogP contribution < -0.4 is 9.47 Å². The maximum Gasteiger partial charge on any atom is 0.223 e. The third-order valence-electron chi connectivity index (χ3n) is 5.03. The second-order valence-electron chi connectivity index (χ2n) is 7.11. The minimum atomic E-state index is 0.118. The van der Waals surface area contributed by atoms with E-state index in [0.717, 1.165) is 31.1 Å². The zero-order valence-corrected chi connectivity index (χ0v) is 16.8. The summed E-state index contributed by atoms with van der Waals surface area (Å²) in [4.78, 5) is 17.2. The number of ether oxygens (including phenoxy) is 2. The molecule has 1 atom stereocenters. The average molecular weight is 383 g/mol. The Morgan fingerprint density at radius 1 is 1.00 bits per heavy atom. The number of carbonyl (C=O) groups is 1. The predicted molar refractivity (Wildman–Crippen MR) is 111 cm³/mol. The summed E-state index contributed by atoms with van der Waals surface area (Å²) in [6, 6.07) is 18.1. The van der Waals surface area contributed by atoms with Crippen LogP contribution >= 0.6 is 0 Å². The first-order chi connectivity index (χ1) is 13.7. The van der Waals surface area contributed by atoms with Crippen molar-refractivity contribution in [3.63, 3.8) is 0 Å². The number of hydrogen-bond acceptors (Lipinski definition) is 4. The molecule has 1 heterocycles. The third-order valence-corrected chi connectivity index (χ3v) is 5.03. The van der Waals surface area contributed by atoms with Gasteiger partial charge in [0, 0.05) is 26.1 Å². The molecular weight excluding hydrogens is 352 g/mol. The smallest absolute Gasteiger partial charge is 0.223 e. The summed E-state index contributed by atoms with van der Waals surface area (Å²) < 4.78 is 11.4. The van der Waals surface area contributed by atoms with Gasteiger partial charge in [0.25, 0.3) is 0 Å². The quantitative estimate of drug-likeness (QED) is 0.652. The molecule has 0 radical (unpaired) electrons. The minimum absolute atomic E-state index is 0.118. The fourth-order valence-corrected chi connectivity index (χ4v) is 3.57. The molecule has 0 aromatic heterocycles. The van der Waals surface area contributed by atoms with Crippen LogP contribution in [0.1, 0.15) is 31.4 Å². The summed E-state index contributed by atoms with van der Waals surface area (Å²) in [5.41, 5.74) is 1.20. The molecule has 0 bridgehead atoms. The lowest BCUT2D eigenvalue weighted by molar-refractivity contribution is -0.136. The van der Waals surface area contributed by atoms with E-state index >= 15 is 0 Å². The van der Waals surface area contributed by atoms with Crippen LogP contribution in [0.5, 0.6) is 11.5 Å². The van der Waals surface area contributed by atoms with E-state index in [1.807, 2.05) is 54.3 Å². The lowest BCUT2D eigenvalue weighted by atomic mass is 10.0. The van der Waals surface area contributed by atoms with Crippen LogP contribution in [0.25, 0.3) is 0 Å². The number of piperazine rings is 1. The number of nitrogens with zero attached hydrogens (tertiary/aromatic N) is 2. The Balaban J connectivity index is 1.54. The van der Waals surface area contributed by atoms with Crippen molar-refractivity contribution < 1.29 is 14.3 Å². The lowest BCUT2D eigenvalue weighted by Gasteiger charge is -2.40. The Labute approximate surface area is 167 Å². The topological polar surface area (TPSA) is 42.0 Å². The van der Waals surface area contributed by atoms with Gasteiger partial charge in [0.1, 0.15) is 0 Å². The third kappa shape index (κ3) is 5.26. The van der Waals surface area contributed by atoms with Gasteiger partial charge in [0.05, 0.1) is 19.3 Å². The van der Waals surface area contributed by atoms with Gasteiger partial charge in [0.2, 0.25) is 5.91 Å². The number of rotatable bonds is 8. The van der Waals surface area contributed by atoms with Gasteiger partial charge in [-0.3, -0.25) is 4.79 Å². The van der Waals surface area contributed by atoms with Gasteiger partial charge in [0.15, 0.2) is 11.5 Å². The Bertz CT molecular complexity index is 751. The Morgan fingerprint density at radius 2 is 1.68 bits per heavy atom. The van der Waals surface area contributed by atoms with Crippen LogP contribution in [-0.2, 0) is 4.79 Å². The van der Waals surface area contributed by atoms with Crippen LogP contribution in [-0.4, -0.2) is 55.6 Å². The lowest BCUT2D eigenvalue weighted by Crippen LogP contribution is -2.49. The first-order valence-electron chi connectivity index (χ1n) is 10.1. The fourth-order valence-electron chi connectivity index (χ4n) is 3.57. The molecule has 1 amide bonds. The van der Waals surface area contributed by atoms with E-state index in [1.54, 1.807) is 0 Å². The highest BCUT2D eigenvalue weighted by atomic mass is 16.5. The van der Waals surface area contributed by atoms with Crippen molar-refractivity contribution in [2.75, 3.05) is 39.9 Å². The minimum Gasteiger partial charge on any atom is -0.490 e. The zero-order chi connectivity index (χ0) is 19.8. The molecule has 1 unspecified atom stereocenters. The van der Waals surface area contributed by atoms with Gasteiger partial charge in [-0.15, -0.1) is 0 Å². The summed E-state index contributed by atoms with van der Waals surface area (Å²) in [5, 5.41) is 0. The van der Waals surface area contributed by atoms with E-state index in [0.29, 0.717) is 26.1 Å². The van der Waals surface area contributed by atoms with Crippen molar-refractivity contribution >= 4 is 5.91 Å². The number of benzene rings is 2. The molecular formula is C23H30N2O3. The first-order valence-corrected chi connectivity index (χ1v) is 10.1. The van der Waals surface area contributed by atoms with Crippen LogP contribution in [0, 0.1) is 0 Å². The van der Waals surface area contributed by atoms with Crippen LogP contribution in [0.3, 0.4) is 0 Å². The molecule has 1 aliphatic heterocycles. The molecule has 1 fully saturated rings. The normalized spacial score (nSPS) is 17.4. The molecule has 0 saturated carbocycles. The molecule has 28 heavy (non-hydrogen) atoms. The van der Waals surface area contributed by atoms with Crippen molar-refractivity contribution in [3.8, 4) is 11.5 Å². The SMILES string of the molecule is CCOc1ccccc1OCCCC(=O)N1CCN(C)CC1c1ccccc1. The molecule has 2 aromatic carbocycles. The van der Waals surface area contributed by atoms with Crippen molar-refractivity contribution in [3.05, 3.63) is 60.2 Å². The monoisotopic (exact) mass is 382 g/mol. The number of carbonyl (C=O) groups excluding carboxylic acids is 1. The first kappa shape index (κ1) is 20.2. The largest absolute Gasteiger partial charge is 0.490 e. The highest BCUT2D eigenvalue weighted by Gasteiger charge is 2.29. The molecule has 0 spiro atoms. The second kappa shape index (κ2) is 10.1. The number of amides is 1. The second-order valence-corrected chi connectivity index (χ2v) is 7.11. The van der Waals surface area contributed by atoms with Crippen LogP contribution in [0.2, 0.25) is 0 Å².